The first-order valence-corrected chi connectivity index (χ1v) is 10.8. The lowest BCUT2D eigenvalue weighted by Gasteiger charge is -2.20. The molecule has 0 radical (unpaired) electrons. The summed E-state index contributed by atoms with van der Waals surface area (Å²) in [6, 6.07) is 11.3. The highest BCUT2D eigenvalue weighted by Gasteiger charge is 2.31. The van der Waals surface area contributed by atoms with Crippen LogP contribution in [0.1, 0.15) is 43.5 Å². The van der Waals surface area contributed by atoms with Crippen LogP contribution in [0, 0.1) is 0 Å². The molecule has 0 unspecified atom stereocenters. The Balaban J connectivity index is 1.69. The number of nitrogens with zero attached hydrogens (tertiary/aromatic N) is 1. The largest absolute Gasteiger partial charge is 0.444 e. The summed E-state index contributed by atoms with van der Waals surface area (Å²) >= 11 is 0. The number of nitrogens with two attached hydrogens (primary N) is 1. The van der Waals surface area contributed by atoms with E-state index >= 15 is 0 Å². The number of hydrogen-bond donors (Lipinski definition) is 3. The number of aromatic nitrogens is 1. The second-order valence-electron chi connectivity index (χ2n) is 7.80. The predicted molar refractivity (Wildman–Crippen MR) is 123 cm³/mol. The molecule has 174 valence electrons. The molecule has 4 N–H and O–H groups in total. The number of carbonyl (C=O) groups is 3. The van der Waals surface area contributed by atoms with E-state index in [9.17, 15) is 19.2 Å². The van der Waals surface area contributed by atoms with Crippen molar-refractivity contribution in [2.75, 3.05) is 5.32 Å². The van der Waals surface area contributed by atoms with Gasteiger partial charge in [-0.15, -0.1) is 0 Å². The first-order valence-electron chi connectivity index (χ1n) is 10.8. The molecule has 9 heteroatoms. The normalized spacial score (nSPS) is 15.6. The first kappa shape index (κ1) is 23.8. The number of anilines is 1. The summed E-state index contributed by atoms with van der Waals surface area (Å²) in [6.07, 6.45) is 4.33. The minimum absolute atomic E-state index is 0.0373. The zero-order valence-electron chi connectivity index (χ0n) is 18.5. The van der Waals surface area contributed by atoms with Gasteiger partial charge in [0.2, 0.25) is 11.8 Å². The first-order chi connectivity index (χ1) is 15.9. The third kappa shape index (κ3) is 6.31. The molecule has 2 aromatic rings. The highest BCUT2D eigenvalue weighted by atomic mass is 16.5. The number of fused-ring (bicyclic) bond motifs is 1. The predicted octanol–water partition coefficient (Wildman–Crippen LogP) is 2.41. The van der Waals surface area contributed by atoms with E-state index in [0.717, 1.165) is 5.56 Å². The molecule has 9 nitrogen and oxygen atoms in total. The number of primary amides is 1. The molecule has 0 bridgehead atoms. The van der Waals surface area contributed by atoms with Gasteiger partial charge >= 0.3 is 6.09 Å². The molecule has 3 rings (SSSR count). The molecular formula is C24H28N4O5. The van der Waals surface area contributed by atoms with E-state index in [1.807, 2.05) is 37.3 Å². The Kier molecular flexibility index (Phi) is 8.01. The molecule has 1 aliphatic rings. The lowest BCUT2D eigenvalue weighted by Crippen LogP contribution is -2.41. The number of carbonyl (C=O) groups excluding carboxylic acids is 3. The van der Waals surface area contributed by atoms with E-state index < -0.39 is 23.6 Å². The van der Waals surface area contributed by atoms with Crippen LogP contribution in [0.4, 0.5) is 10.5 Å². The smallest absolute Gasteiger partial charge is 0.412 e. The Bertz CT molecular complexity index is 1090. The second kappa shape index (κ2) is 11.1. The average molecular weight is 453 g/mol. The van der Waals surface area contributed by atoms with Crippen molar-refractivity contribution in [2.24, 2.45) is 5.73 Å². The zero-order chi connectivity index (χ0) is 23.8. The van der Waals surface area contributed by atoms with Crippen LogP contribution in [0.3, 0.4) is 0 Å². The maximum atomic E-state index is 13.0. The molecule has 0 saturated carbocycles. The monoisotopic (exact) mass is 452 g/mol. The minimum atomic E-state index is -0.755. The van der Waals surface area contributed by atoms with Crippen molar-refractivity contribution in [3.8, 4) is 0 Å². The van der Waals surface area contributed by atoms with E-state index in [1.165, 1.54) is 10.6 Å². The van der Waals surface area contributed by atoms with Crippen LogP contribution < -0.4 is 21.9 Å². The summed E-state index contributed by atoms with van der Waals surface area (Å²) in [5.74, 6) is -0.775. The Morgan fingerprint density at radius 3 is 2.67 bits per heavy atom. The molecule has 2 atom stereocenters. The van der Waals surface area contributed by atoms with Gasteiger partial charge in [-0.25, -0.2) is 4.79 Å². The van der Waals surface area contributed by atoms with Gasteiger partial charge in [0.05, 0.1) is 0 Å². The number of nitrogens with one attached hydrogen (secondary N) is 2. The number of pyridine rings is 1. The third-order valence-corrected chi connectivity index (χ3v) is 5.39. The molecule has 0 spiro atoms. The van der Waals surface area contributed by atoms with Gasteiger partial charge in [0.15, 0.2) is 0 Å². The number of rotatable bonds is 9. The minimum Gasteiger partial charge on any atom is -0.444 e. The topological polar surface area (TPSA) is 133 Å². The fourth-order valence-electron chi connectivity index (χ4n) is 3.79. The molecule has 33 heavy (non-hydrogen) atoms. The zero-order valence-corrected chi connectivity index (χ0v) is 18.5. The molecule has 0 saturated heterocycles. The summed E-state index contributed by atoms with van der Waals surface area (Å²) in [6.45, 7) is 1.88. The van der Waals surface area contributed by atoms with Crippen LogP contribution in [0.15, 0.2) is 59.4 Å². The highest BCUT2D eigenvalue weighted by molar-refractivity contribution is 5.85. The van der Waals surface area contributed by atoms with Crippen LogP contribution in [-0.2, 0) is 27.4 Å². The van der Waals surface area contributed by atoms with E-state index in [0.29, 0.717) is 25.0 Å². The van der Waals surface area contributed by atoms with Gasteiger partial charge in [-0.3, -0.25) is 24.3 Å². The Morgan fingerprint density at radius 2 is 1.97 bits per heavy atom. The number of amides is 3. The lowest BCUT2D eigenvalue weighted by molar-refractivity contribution is -0.125. The van der Waals surface area contributed by atoms with E-state index in [2.05, 4.69) is 10.6 Å². The van der Waals surface area contributed by atoms with Crippen molar-refractivity contribution >= 4 is 23.6 Å². The summed E-state index contributed by atoms with van der Waals surface area (Å²) in [5.41, 5.74) is 6.32. The van der Waals surface area contributed by atoms with Gasteiger partial charge < -0.3 is 15.8 Å². The van der Waals surface area contributed by atoms with Gasteiger partial charge in [0.1, 0.15) is 18.3 Å². The Hall–Kier alpha value is -3.88. The third-order valence-electron chi connectivity index (χ3n) is 5.39. The fourth-order valence-corrected chi connectivity index (χ4v) is 3.79. The van der Waals surface area contributed by atoms with Crippen molar-refractivity contribution in [1.82, 2.24) is 9.88 Å². The summed E-state index contributed by atoms with van der Waals surface area (Å²) in [7, 11) is 0. The van der Waals surface area contributed by atoms with E-state index in [1.54, 1.807) is 18.2 Å². The molecule has 1 aliphatic heterocycles. The van der Waals surface area contributed by atoms with Crippen LogP contribution >= 0.6 is 0 Å². The number of hydrogen-bond acceptors (Lipinski definition) is 5. The van der Waals surface area contributed by atoms with Crippen molar-refractivity contribution in [2.45, 2.75) is 51.3 Å². The van der Waals surface area contributed by atoms with Crippen LogP contribution in [0.5, 0.6) is 0 Å². The Morgan fingerprint density at radius 1 is 1.21 bits per heavy atom. The van der Waals surface area contributed by atoms with E-state index in [4.69, 9.17) is 10.5 Å². The molecular weight excluding hydrogens is 424 g/mol. The van der Waals surface area contributed by atoms with Gasteiger partial charge in [0.25, 0.3) is 5.56 Å². The maximum Gasteiger partial charge on any atom is 0.412 e. The highest BCUT2D eigenvalue weighted by Crippen LogP contribution is 2.25. The van der Waals surface area contributed by atoms with Crippen molar-refractivity contribution < 1.29 is 19.1 Å². The second-order valence-corrected chi connectivity index (χ2v) is 7.80. The number of allylic oxidation sites excluding steroid dienone is 1. The van der Waals surface area contributed by atoms with Gasteiger partial charge in [0, 0.05) is 18.2 Å². The molecule has 1 aromatic heterocycles. The Labute approximate surface area is 191 Å². The van der Waals surface area contributed by atoms with Crippen molar-refractivity contribution in [3.05, 3.63) is 76.2 Å². The molecule has 2 heterocycles. The molecule has 3 amide bonds. The quantitative estimate of drug-likeness (QED) is 0.503. The fraction of sp³-hybridized carbons (Fsp3) is 0.333. The van der Waals surface area contributed by atoms with Crippen LogP contribution in [-0.4, -0.2) is 28.5 Å². The van der Waals surface area contributed by atoms with Crippen LogP contribution in [0.2, 0.25) is 0 Å². The molecule has 0 aliphatic carbocycles. The van der Waals surface area contributed by atoms with Gasteiger partial charge in [-0.05, 0) is 43.9 Å². The maximum absolute atomic E-state index is 13.0. The number of aryl methyl sites for hydroxylation is 1. The summed E-state index contributed by atoms with van der Waals surface area (Å²) < 4.78 is 6.59. The SMILES string of the molecule is C/C=C/[C@H](CCC(N)=O)NC(=O)[C@@H]1CCc2ccc(NC(=O)OCc3ccccc3)c(=O)n21. The standard InChI is InChI=1S/C24H28N4O5/c1-2-6-17(9-14-21(25)29)26-22(30)20-13-11-18-10-12-19(23(31)28(18)20)27-24(32)33-15-16-7-4-3-5-8-16/h2-8,10,12,17,20H,9,11,13-15H2,1H3,(H2,25,29)(H,26,30)(H,27,32)/b6-2+/t17-,20+/m1/s1. The average Bonchev–Trinajstić information content (AvgIpc) is 3.24. The van der Waals surface area contributed by atoms with Crippen molar-refractivity contribution in [1.29, 1.82) is 0 Å². The van der Waals surface area contributed by atoms with E-state index in [-0.39, 0.29) is 30.7 Å². The van der Waals surface area contributed by atoms with Gasteiger partial charge in [-0.1, -0.05) is 42.5 Å². The van der Waals surface area contributed by atoms with Crippen LogP contribution in [0.25, 0.3) is 0 Å². The number of benzene rings is 1. The molecule has 0 fully saturated rings. The summed E-state index contributed by atoms with van der Waals surface area (Å²) in [5, 5.41) is 5.35. The molecule has 1 aromatic carbocycles. The number of ether oxygens (including phenoxy) is 1. The van der Waals surface area contributed by atoms with Gasteiger partial charge in [-0.2, -0.15) is 0 Å². The lowest BCUT2D eigenvalue weighted by atomic mass is 10.1. The summed E-state index contributed by atoms with van der Waals surface area (Å²) in [4.78, 5) is 49.3. The van der Waals surface area contributed by atoms with Crippen molar-refractivity contribution in [3.63, 3.8) is 0 Å².